The number of anilines is 1. The highest BCUT2D eigenvalue weighted by atomic mass is 32.2. The van der Waals surface area contributed by atoms with Gasteiger partial charge in [0.2, 0.25) is 0 Å². The maximum absolute atomic E-state index is 12.0. The van der Waals surface area contributed by atoms with Crippen LogP contribution in [0.3, 0.4) is 0 Å². The predicted molar refractivity (Wildman–Crippen MR) is 82.7 cm³/mol. The average Bonchev–Trinajstić information content (AvgIpc) is 2.47. The highest BCUT2D eigenvalue weighted by molar-refractivity contribution is 7.90. The fraction of sp³-hybridized carbons (Fsp3) is 0.231. The lowest BCUT2D eigenvalue weighted by Crippen LogP contribution is -2.17. The van der Waals surface area contributed by atoms with E-state index in [9.17, 15) is 8.42 Å². The van der Waals surface area contributed by atoms with Crippen LogP contribution in [0.15, 0.2) is 45.8 Å². The van der Waals surface area contributed by atoms with Gasteiger partial charge in [0, 0.05) is 39.0 Å². The lowest BCUT2D eigenvalue weighted by molar-refractivity contribution is 0.598. The Hall–Kier alpha value is -2.28. The summed E-state index contributed by atoms with van der Waals surface area (Å²) in [6.07, 6.45) is 0. The maximum atomic E-state index is 12.0. The summed E-state index contributed by atoms with van der Waals surface area (Å²) >= 11 is 0. The molecule has 21 heavy (non-hydrogen) atoms. The van der Waals surface area contributed by atoms with Crippen molar-refractivity contribution in [2.75, 3.05) is 25.5 Å². The van der Waals surface area contributed by atoms with Crippen molar-refractivity contribution in [2.24, 2.45) is 4.52 Å². The van der Waals surface area contributed by atoms with Crippen molar-refractivity contribution >= 4 is 26.5 Å². The molecule has 2 rings (SSSR count). The fourth-order valence-electron chi connectivity index (χ4n) is 2.07. The van der Waals surface area contributed by atoms with Crippen molar-refractivity contribution in [3.05, 3.63) is 46.8 Å². The Morgan fingerprint density at radius 1 is 1.14 bits per heavy atom. The molecule has 110 valence electrons. The quantitative estimate of drug-likeness (QED) is 0.370. The van der Waals surface area contributed by atoms with Crippen LogP contribution < -0.4 is 10.6 Å². The van der Waals surface area contributed by atoms with Gasteiger partial charge in [-0.05, 0) is 24.7 Å². The molecule has 2 aromatic rings. The molecular formula is C13H15N5O2S. The summed E-state index contributed by atoms with van der Waals surface area (Å²) < 4.78 is 26.8. The normalized spacial score (nSPS) is 11.1. The van der Waals surface area contributed by atoms with Crippen molar-refractivity contribution in [3.63, 3.8) is 0 Å². The summed E-state index contributed by atoms with van der Waals surface area (Å²) in [4.78, 5) is 2.40. The fourth-order valence-corrected chi connectivity index (χ4v) is 2.97. The van der Waals surface area contributed by atoms with Gasteiger partial charge in [0.1, 0.15) is 0 Å². The first-order chi connectivity index (χ1) is 10.1. The van der Waals surface area contributed by atoms with Gasteiger partial charge in [0.25, 0.3) is 10.0 Å². The van der Waals surface area contributed by atoms with Crippen LogP contribution >= 0.6 is 0 Å². The summed E-state index contributed by atoms with van der Waals surface area (Å²) in [5.74, 6) is 0. The Balaban J connectivity index is 2.56. The van der Waals surface area contributed by atoms with Gasteiger partial charge in [-0.15, -0.1) is 0 Å². The Morgan fingerprint density at radius 2 is 1.86 bits per heavy atom. The zero-order valence-electron chi connectivity index (χ0n) is 11.4. The molecule has 0 saturated heterocycles. The van der Waals surface area contributed by atoms with Gasteiger partial charge in [-0.25, -0.2) is 8.42 Å². The number of nitrogens with zero attached hydrogens (tertiary/aromatic N) is 3. The topological polar surface area (TPSA) is 107 Å². The van der Waals surface area contributed by atoms with Gasteiger partial charge >= 0.3 is 0 Å². The number of benzene rings is 2. The summed E-state index contributed by atoms with van der Waals surface area (Å²) in [6.45, 7) is 1.50. The second kappa shape index (κ2) is 6.45. The molecule has 0 atom stereocenters. The lowest BCUT2D eigenvalue weighted by atomic mass is 10.1. The van der Waals surface area contributed by atoms with Crippen LogP contribution in [-0.4, -0.2) is 28.6 Å². The molecule has 2 N–H and O–H groups in total. The number of hydrogen-bond donors (Lipinski definition) is 2. The molecule has 0 saturated carbocycles. The molecule has 0 radical (unpaired) electrons. The molecule has 0 fully saturated rings. The van der Waals surface area contributed by atoms with Gasteiger partial charge in [0.15, 0.2) is 0 Å². The van der Waals surface area contributed by atoms with E-state index in [2.05, 4.69) is 20.1 Å². The van der Waals surface area contributed by atoms with Crippen molar-refractivity contribution < 1.29 is 8.42 Å². The number of azide groups is 1. The van der Waals surface area contributed by atoms with Gasteiger partial charge < -0.3 is 10.6 Å². The van der Waals surface area contributed by atoms with Crippen LogP contribution in [0, 0.1) is 0 Å². The van der Waals surface area contributed by atoms with Crippen molar-refractivity contribution in [2.45, 2.75) is 4.90 Å². The zero-order chi connectivity index (χ0) is 15.3. The van der Waals surface area contributed by atoms with E-state index < -0.39 is 10.0 Å². The number of hydrogen-bond acceptors (Lipinski definition) is 4. The van der Waals surface area contributed by atoms with E-state index >= 15 is 0 Å². The number of likely N-dealkylation sites (N-methyl/N-ethyl adjacent to an activating group) is 1. The van der Waals surface area contributed by atoms with Crippen molar-refractivity contribution in [1.82, 2.24) is 5.32 Å². The van der Waals surface area contributed by atoms with E-state index in [1.807, 2.05) is 19.2 Å². The molecule has 0 spiro atoms. The van der Waals surface area contributed by atoms with E-state index in [1.54, 1.807) is 18.2 Å². The highest BCUT2D eigenvalue weighted by Crippen LogP contribution is 2.29. The smallest absolute Gasteiger partial charge is 0.264 e. The van der Waals surface area contributed by atoms with Crippen LogP contribution in [-0.2, 0) is 10.0 Å². The van der Waals surface area contributed by atoms with E-state index in [0.717, 1.165) is 17.6 Å². The molecule has 7 nitrogen and oxygen atoms in total. The third-order valence-corrected chi connectivity index (χ3v) is 4.19. The summed E-state index contributed by atoms with van der Waals surface area (Å²) in [5.41, 5.74) is 9.23. The number of fused-ring (bicyclic) bond motifs is 1. The molecule has 0 aliphatic rings. The second-order valence-corrected chi connectivity index (χ2v) is 5.89. The average molecular weight is 305 g/mol. The van der Waals surface area contributed by atoms with E-state index in [1.165, 1.54) is 6.07 Å². The molecule has 0 heterocycles. The third kappa shape index (κ3) is 3.25. The Morgan fingerprint density at radius 3 is 2.57 bits per heavy atom. The van der Waals surface area contributed by atoms with Crippen LogP contribution in [0.1, 0.15) is 0 Å². The first kappa shape index (κ1) is 15.1. The Bertz CT molecular complexity index is 797. The second-order valence-electron chi connectivity index (χ2n) is 4.33. The maximum Gasteiger partial charge on any atom is 0.264 e. The van der Waals surface area contributed by atoms with Gasteiger partial charge in [-0.3, -0.25) is 0 Å². The largest absolute Gasteiger partial charge is 0.383 e. The van der Waals surface area contributed by atoms with Crippen LogP contribution in [0.4, 0.5) is 5.69 Å². The zero-order valence-corrected chi connectivity index (χ0v) is 12.3. The number of rotatable bonds is 6. The van der Waals surface area contributed by atoms with E-state index in [-0.39, 0.29) is 4.90 Å². The van der Waals surface area contributed by atoms with E-state index in [0.29, 0.717) is 11.9 Å². The first-order valence-corrected chi connectivity index (χ1v) is 7.76. The molecule has 0 unspecified atom stereocenters. The Kier molecular flexibility index (Phi) is 4.64. The van der Waals surface area contributed by atoms with Crippen LogP contribution in [0.5, 0.6) is 0 Å². The minimum Gasteiger partial charge on any atom is -0.383 e. The standard InChI is InChI=1S/C13H15N5O2S/c1-15-8-9-16-12-6-2-5-11-10(12)4-3-7-13(11)21(19,20)18-17-14/h2-7,15-16H,8-9H2,1H3. The Labute approximate surface area is 122 Å². The first-order valence-electron chi connectivity index (χ1n) is 6.32. The molecule has 0 aliphatic carbocycles. The molecule has 0 amide bonds. The molecule has 0 aliphatic heterocycles. The SMILES string of the molecule is CNCCNc1cccc2c(S(=O)(=O)N=[N+]=[N-])cccc12. The third-order valence-electron chi connectivity index (χ3n) is 2.99. The number of nitrogens with one attached hydrogen (secondary N) is 2. The minimum atomic E-state index is -4.01. The van der Waals surface area contributed by atoms with Crippen molar-refractivity contribution in [1.29, 1.82) is 0 Å². The van der Waals surface area contributed by atoms with Crippen LogP contribution in [0.2, 0.25) is 0 Å². The summed E-state index contributed by atoms with van der Waals surface area (Å²) in [7, 11) is -2.15. The monoisotopic (exact) mass is 305 g/mol. The van der Waals surface area contributed by atoms with Gasteiger partial charge in [-0.2, -0.15) is 0 Å². The summed E-state index contributed by atoms with van der Waals surface area (Å²) in [6, 6.07) is 10.2. The van der Waals surface area contributed by atoms with Gasteiger partial charge in [0.05, 0.1) is 4.90 Å². The molecule has 0 aromatic heterocycles. The minimum absolute atomic E-state index is 0.00932. The van der Waals surface area contributed by atoms with E-state index in [4.69, 9.17) is 5.53 Å². The van der Waals surface area contributed by atoms with Crippen molar-refractivity contribution in [3.8, 4) is 0 Å². The van der Waals surface area contributed by atoms with Gasteiger partial charge in [-0.1, -0.05) is 24.3 Å². The highest BCUT2D eigenvalue weighted by Gasteiger charge is 2.16. The predicted octanol–water partition coefficient (Wildman–Crippen LogP) is 2.47. The number of sulfonamides is 1. The molecular weight excluding hydrogens is 290 g/mol. The lowest BCUT2D eigenvalue weighted by Gasteiger charge is -2.11. The molecule has 0 bridgehead atoms. The molecule has 8 heteroatoms. The summed E-state index contributed by atoms with van der Waals surface area (Å²) in [5, 5.41) is 7.56. The molecule has 2 aromatic carbocycles. The van der Waals surface area contributed by atoms with Crippen LogP contribution in [0.25, 0.3) is 21.2 Å².